The second kappa shape index (κ2) is 5.26. The standard InChI is InChI=1S/C11H16ClNO2S2/c1-13(9-4-2-3-5-9)17(14,15)11-6-10(7-12)16-8-11/h6,8-9H,2-5,7H2,1H3. The molecule has 2 rings (SSSR count). The molecule has 1 aliphatic carbocycles. The smallest absolute Gasteiger partial charge is 0.207 e. The van der Waals surface area contributed by atoms with Crippen LogP contribution >= 0.6 is 22.9 Å². The lowest BCUT2D eigenvalue weighted by atomic mass is 10.3. The molecule has 0 aromatic carbocycles. The Balaban J connectivity index is 2.22. The highest BCUT2D eigenvalue weighted by Crippen LogP contribution is 2.29. The van der Waals surface area contributed by atoms with Crippen molar-refractivity contribution >= 4 is 33.0 Å². The number of thiophene rings is 1. The Morgan fingerprint density at radius 3 is 2.65 bits per heavy atom. The monoisotopic (exact) mass is 293 g/mol. The summed E-state index contributed by atoms with van der Waals surface area (Å²) in [5.41, 5.74) is 0. The molecule has 0 saturated heterocycles. The molecule has 0 spiro atoms. The molecule has 0 unspecified atom stereocenters. The van der Waals surface area contributed by atoms with Crippen molar-refractivity contribution in [3.05, 3.63) is 16.3 Å². The van der Waals surface area contributed by atoms with E-state index in [2.05, 4.69) is 0 Å². The molecule has 1 saturated carbocycles. The van der Waals surface area contributed by atoms with Gasteiger partial charge in [-0.1, -0.05) is 12.8 Å². The van der Waals surface area contributed by atoms with Gasteiger partial charge in [0.2, 0.25) is 10.0 Å². The Hall–Kier alpha value is -0.100. The summed E-state index contributed by atoms with van der Waals surface area (Å²) in [4.78, 5) is 1.28. The second-order valence-electron chi connectivity index (χ2n) is 4.34. The van der Waals surface area contributed by atoms with Gasteiger partial charge < -0.3 is 0 Å². The predicted molar refractivity (Wildman–Crippen MR) is 71.1 cm³/mol. The van der Waals surface area contributed by atoms with Crippen molar-refractivity contribution in [2.75, 3.05) is 7.05 Å². The van der Waals surface area contributed by atoms with Gasteiger partial charge in [0.1, 0.15) is 0 Å². The summed E-state index contributed by atoms with van der Waals surface area (Å²) in [6, 6.07) is 1.85. The maximum Gasteiger partial charge on any atom is 0.243 e. The molecule has 0 radical (unpaired) electrons. The van der Waals surface area contributed by atoms with Crippen LogP contribution in [0.2, 0.25) is 0 Å². The first-order chi connectivity index (χ1) is 8.05. The molecule has 0 atom stereocenters. The zero-order chi connectivity index (χ0) is 12.5. The average molecular weight is 294 g/mol. The van der Waals surface area contributed by atoms with Crippen LogP contribution in [-0.4, -0.2) is 25.8 Å². The number of hydrogen-bond donors (Lipinski definition) is 0. The highest BCUT2D eigenvalue weighted by Gasteiger charge is 2.30. The van der Waals surface area contributed by atoms with E-state index >= 15 is 0 Å². The number of alkyl halides is 1. The molecule has 6 heteroatoms. The van der Waals surface area contributed by atoms with Crippen LogP contribution in [0.3, 0.4) is 0 Å². The maximum atomic E-state index is 12.3. The lowest BCUT2D eigenvalue weighted by molar-refractivity contribution is 0.373. The minimum Gasteiger partial charge on any atom is -0.207 e. The van der Waals surface area contributed by atoms with Crippen LogP contribution in [0.4, 0.5) is 0 Å². The van der Waals surface area contributed by atoms with Crippen LogP contribution < -0.4 is 0 Å². The fraction of sp³-hybridized carbons (Fsp3) is 0.636. The molecule has 1 aliphatic rings. The summed E-state index contributed by atoms with van der Waals surface area (Å²) in [7, 11) is -1.64. The van der Waals surface area contributed by atoms with Crippen molar-refractivity contribution in [3.63, 3.8) is 0 Å². The predicted octanol–water partition coefficient (Wildman–Crippen LogP) is 3.05. The normalized spacial score (nSPS) is 18.1. The lowest BCUT2D eigenvalue weighted by Gasteiger charge is -2.22. The molecule has 0 aliphatic heterocycles. The van der Waals surface area contributed by atoms with Crippen molar-refractivity contribution < 1.29 is 8.42 Å². The lowest BCUT2D eigenvalue weighted by Crippen LogP contribution is -2.34. The van der Waals surface area contributed by atoms with Crippen molar-refractivity contribution in [3.8, 4) is 0 Å². The number of halogens is 1. The summed E-state index contributed by atoms with van der Waals surface area (Å²) < 4.78 is 26.2. The van der Waals surface area contributed by atoms with E-state index in [9.17, 15) is 8.42 Å². The third-order valence-electron chi connectivity index (χ3n) is 3.28. The van der Waals surface area contributed by atoms with Gasteiger partial charge in [-0.2, -0.15) is 4.31 Å². The molecule has 1 aromatic rings. The molecule has 1 fully saturated rings. The first kappa shape index (κ1) is 13.3. The van der Waals surface area contributed by atoms with Crippen LogP contribution in [-0.2, 0) is 15.9 Å². The van der Waals surface area contributed by atoms with Gasteiger partial charge in [0.05, 0.1) is 10.8 Å². The van der Waals surface area contributed by atoms with Crippen LogP contribution in [0.25, 0.3) is 0 Å². The summed E-state index contributed by atoms with van der Waals surface area (Å²) in [5.74, 6) is 0.368. The van der Waals surface area contributed by atoms with E-state index in [0.717, 1.165) is 30.6 Å². The van der Waals surface area contributed by atoms with Crippen molar-refractivity contribution in [1.82, 2.24) is 4.31 Å². The minimum absolute atomic E-state index is 0.166. The van der Waals surface area contributed by atoms with E-state index in [0.29, 0.717) is 10.8 Å². The summed E-state index contributed by atoms with van der Waals surface area (Å²) in [6.45, 7) is 0. The van der Waals surface area contributed by atoms with Gasteiger partial charge in [-0.05, 0) is 18.9 Å². The molecule has 0 bridgehead atoms. The Kier molecular flexibility index (Phi) is 4.13. The molecule has 3 nitrogen and oxygen atoms in total. The third kappa shape index (κ3) is 2.67. The molecule has 0 N–H and O–H groups in total. The van der Waals surface area contributed by atoms with Crippen molar-refractivity contribution in [2.24, 2.45) is 0 Å². The van der Waals surface area contributed by atoms with E-state index in [1.807, 2.05) is 0 Å². The van der Waals surface area contributed by atoms with Crippen molar-refractivity contribution in [2.45, 2.75) is 42.5 Å². The first-order valence-electron chi connectivity index (χ1n) is 5.67. The topological polar surface area (TPSA) is 37.4 Å². The summed E-state index contributed by atoms with van der Waals surface area (Å²) >= 11 is 7.10. The largest absolute Gasteiger partial charge is 0.243 e. The van der Waals surface area contributed by atoms with Crippen molar-refractivity contribution in [1.29, 1.82) is 0 Å². The average Bonchev–Trinajstić information content (AvgIpc) is 2.98. The maximum absolute atomic E-state index is 12.3. The molecule has 17 heavy (non-hydrogen) atoms. The van der Waals surface area contributed by atoms with Gasteiger partial charge in [0.15, 0.2) is 0 Å². The highest BCUT2D eigenvalue weighted by molar-refractivity contribution is 7.89. The Bertz CT molecular complexity index is 477. The number of hydrogen-bond acceptors (Lipinski definition) is 3. The summed E-state index contributed by atoms with van der Waals surface area (Å²) in [6.07, 6.45) is 4.20. The second-order valence-corrected chi connectivity index (χ2v) is 7.60. The number of nitrogens with zero attached hydrogens (tertiary/aromatic N) is 1. The van der Waals surface area contributed by atoms with Gasteiger partial charge in [-0.15, -0.1) is 22.9 Å². The van der Waals surface area contributed by atoms with E-state index in [4.69, 9.17) is 11.6 Å². The van der Waals surface area contributed by atoms with Gasteiger partial charge >= 0.3 is 0 Å². The third-order valence-corrected chi connectivity index (χ3v) is 6.70. The van der Waals surface area contributed by atoms with Gasteiger partial charge in [0, 0.05) is 23.3 Å². The molecule has 1 aromatic heterocycles. The fourth-order valence-corrected chi connectivity index (χ4v) is 4.99. The zero-order valence-corrected chi connectivity index (χ0v) is 12.1. The van der Waals surface area contributed by atoms with Crippen LogP contribution in [0.15, 0.2) is 16.3 Å². The highest BCUT2D eigenvalue weighted by atomic mass is 35.5. The molecular weight excluding hydrogens is 278 g/mol. The Morgan fingerprint density at radius 2 is 2.12 bits per heavy atom. The summed E-state index contributed by atoms with van der Waals surface area (Å²) in [5, 5.41) is 1.68. The minimum atomic E-state index is -3.33. The molecule has 96 valence electrons. The Labute approximate surface area is 111 Å². The molecular formula is C11H16ClNO2S2. The van der Waals surface area contributed by atoms with Crippen LogP contribution in [0.5, 0.6) is 0 Å². The molecule has 1 heterocycles. The van der Waals surface area contributed by atoms with E-state index in [-0.39, 0.29) is 6.04 Å². The molecule has 0 amide bonds. The Morgan fingerprint density at radius 1 is 1.47 bits per heavy atom. The van der Waals surface area contributed by atoms with Gasteiger partial charge in [-0.3, -0.25) is 0 Å². The SMILES string of the molecule is CN(C1CCCC1)S(=O)(=O)c1csc(CCl)c1. The number of sulfonamides is 1. The van der Waals surface area contributed by atoms with Gasteiger partial charge in [-0.25, -0.2) is 8.42 Å². The van der Waals surface area contributed by atoms with Crippen LogP contribution in [0, 0.1) is 0 Å². The van der Waals surface area contributed by atoms with E-state index in [1.165, 1.54) is 15.6 Å². The number of rotatable bonds is 4. The van der Waals surface area contributed by atoms with E-state index in [1.54, 1.807) is 18.5 Å². The van der Waals surface area contributed by atoms with Crippen LogP contribution in [0.1, 0.15) is 30.6 Å². The zero-order valence-electron chi connectivity index (χ0n) is 9.73. The fourth-order valence-electron chi connectivity index (χ4n) is 2.20. The van der Waals surface area contributed by atoms with E-state index < -0.39 is 10.0 Å². The first-order valence-corrected chi connectivity index (χ1v) is 8.52. The quantitative estimate of drug-likeness (QED) is 0.800. The van der Waals surface area contributed by atoms with Gasteiger partial charge in [0.25, 0.3) is 0 Å².